The molecule has 0 fully saturated rings. The molecule has 2 amide bonds. The summed E-state index contributed by atoms with van der Waals surface area (Å²) in [5, 5.41) is 2.96. The molecule has 0 heterocycles. The Hall–Kier alpha value is -1.84. The third-order valence-electron chi connectivity index (χ3n) is 3.78. The molecule has 0 saturated heterocycles. The van der Waals surface area contributed by atoms with E-state index in [0.29, 0.717) is 25.4 Å². The Labute approximate surface area is 133 Å². The molecule has 22 heavy (non-hydrogen) atoms. The molecule has 0 spiro atoms. The topological polar surface area (TPSA) is 49.4 Å². The number of rotatable bonds is 7. The van der Waals surface area contributed by atoms with E-state index in [1.807, 2.05) is 32.0 Å². The van der Waals surface area contributed by atoms with Gasteiger partial charge in [0.1, 0.15) is 0 Å². The zero-order chi connectivity index (χ0) is 16.7. The smallest absolute Gasteiger partial charge is 0.226 e. The van der Waals surface area contributed by atoms with Crippen molar-refractivity contribution in [2.45, 2.75) is 47.5 Å². The van der Waals surface area contributed by atoms with Crippen LogP contribution in [0.3, 0.4) is 0 Å². The Morgan fingerprint density at radius 3 is 2.23 bits per heavy atom. The van der Waals surface area contributed by atoms with Gasteiger partial charge >= 0.3 is 0 Å². The molecule has 0 aliphatic heterocycles. The highest BCUT2D eigenvalue weighted by Gasteiger charge is 2.13. The number of hydrogen-bond donors (Lipinski definition) is 1. The molecule has 0 unspecified atom stereocenters. The molecule has 1 rings (SSSR count). The fraction of sp³-hybridized carbons (Fsp3) is 0.556. The first kappa shape index (κ1) is 18.2. The Balaban J connectivity index is 2.55. The average Bonchev–Trinajstić information content (AvgIpc) is 2.42. The summed E-state index contributed by atoms with van der Waals surface area (Å²) < 4.78 is 0. The number of nitrogens with one attached hydrogen (secondary N) is 1. The molecule has 1 aromatic carbocycles. The summed E-state index contributed by atoms with van der Waals surface area (Å²) in [6.45, 7) is 11.0. The first-order valence-corrected chi connectivity index (χ1v) is 7.92. The van der Waals surface area contributed by atoms with Crippen LogP contribution in [0.2, 0.25) is 0 Å². The third kappa shape index (κ3) is 5.88. The number of hydrogen-bond acceptors (Lipinski definition) is 2. The van der Waals surface area contributed by atoms with Gasteiger partial charge in [0, 0.05) is 32.1 Å². The Kier molecular flexibility index (Phi) is 7.09. The molecular weight excluding hydrogens is 276 g/mol. The highest BCUT2D eigenvalue weighted by atomic mass is 16.2. The van der Waals surface area contributed by atoms with E-state index in [-0.39, 0.29) is 11.8 Å². The van der Waals surface area contributed by atoms with E-state index < -0.39 is 0 Å². The standard InChI is InChI=1S/C18H28N2O2/c1-13(2)9-11-20(16(5)21)12-10-17(22)19-18-14(3)7-6-8-15(18)4/h6-8,13H,9-12H2,1-5H3,(H,19,22). The van der Waals surface area contributed by atoms with Crippen LogP contribution in [0.1, 0.15) is 44.7 Å². The molecule has 0 aliphatic carbocycles. The summed E-state index contributed by atoms with van der Waals surface area (Å²) >= 11 is 0. The van der Waals surface area contributed by atoms with Crippen LogP contribution in [0.15, 0.2) is 18.2 Å². The molecule has 0 aliphatic rings. The summed E-state index contributed by atoms with van der Waals surface area (Å²) in [5.74, 6) is 0.527. The number of benzene rings is 1. The van der Waals surface area contributed by atoms with Crippen LogP contribution < -0.4 is 5.32 Å². The van der Waals surface area contributed by atoms with Crippen molar-refractivity contribution >= 4 is 17.5 Å². The van der Waals surface area contributed by atoms with Gasteiger partial charge in [-0.1, -0.05) is 32.0 Å². The second kappa shape index (κ2) is 8.57. The number of carbonyl (C=O) groups is 2. The molecule has 4 heteroatoms. The number of nitrogens with zero attached hydrogens (tertiary/aromatic N) is 1. The third-order valence-corrected chi connectivity index (χ3v) is 3.78. The van der Waals surface area contributed by atoms with E-state index in [4.69, 9.17) is 0 Å². The van der Waals surface area contributed by atoms with E-state index in [9.17, 15) is 9.59 Å². The monoisotopic (exact) mass is 304 g/mol. The van der Waals surface area contributed by atoms with Crippen LogP contribution in [0.5, 0.6) is 0 Å². The van der Waals surface area contributed by atoms with Crippen molar-refractivity contribution in [3.63, 3.8) is 0 Å². The minimum atomic E-state index is -0.0480. The minimum absolute atomic E-state index is 0.0283. The molecule has 0 radical (unpaired) electrons. The molecule has 122 valence electrons. The fourth-order valence-electron chi connectivity index (χ4n) is 2.29. The van der Waals surface area contributed by atoms with Gasteiger partial charge in [-0.05, 0) is 37.3 Å². The van der Waals surface area contributed by atoms with Crippen LogP contribution in [0, 0.1) is 19.8 Å². The predicted octanol–water partition coefficient (Wildman–Crippen LogP) is 3.53. The van der Waals surface area contributed by atoms with Gasteiger partial charge in [0.15, 0.2) is 0 Å². The summed E-state index contributed by atoms with van der Waals surface area (Å²) in [6, 6.07) is 5.93. The van der Waals surface area contributed by atoms with Crippen LogP contribution in [0.25, 0.3) is 0 Å². The lowest BCUT2D eigenvalue weighted by atomic mass is 10.1. The van der Waals surface area contributed by atoms with Crippen molar-refractivity contribution in [3.05, 3.63) is 29.3 Å². The SMILES string of the molecule is CC(=O)N(CCC(=O)Nc1c(C)cccc1C)CCC(C)C. The summed E-state index contributed by atoms with van der Waals surface area (Å²) in [6.07, 6.45) is 1.28. The van der Waals surface area contributed by atoms with Gasteiger partial charge in [0.25, 0.3) is 0 Å². The Bertz CT molecular complexity index is 504. The number of amides is 2. The van der Waals surface area contributed by atoms with Gasteiger partial charge in [-0.25, -0.2) is 0 Å². The second-order valence-corrected chi connectivity index (χ2v) is 6.25. The van der Waals surface area contributed by atoms with Crippen LogP contribution in [-0.4, -0.2) is 29.8 Å². The zero-order valence-electron chi connectivity index (χ0n) is 14.4. The van der Waals surface area contributed by atoms with Crippen molar-refractivity contribution in [2.24, 2.45) is 5.92 Å². The molecular formula is C18H28N2O2. The largest absolute Gasteiger partial charge is 0.342 e. The maximum absolute atomic E-state index is 12.1. The van der Waals surface area contributed by atoms with E-state index in [1.54, 1.807) is 11.8 Å². The lowest BCUT2D eigenvalue weighted by Crippen LogP contribution is -2.33. The first-order valence-electron chi connectivity index (χ1n) is 7.92. The van der Waals surface area contributed by atoms with Gasteiger partial charge in [0.05, 0.1) is 0 Å². The molecule has 0 aromatic heterocycles. The molecule has 0 bridgehead atoms. The molecule has 1 N–H and O–H groups in total. The van der Waals surface area contributed by atoms with Crippen LogP contribution >= 0.6 is 0 Å². The number of aryl methyl sites for hydroxylation is 2. The highest BCUT2D eigenvalue weighted by Crippen LogP contribution is 2.19. The van der Waals surface area contributed by atoms with E-state index >= 15 is 0 Å². The molecule has 0 atom stereocenters. The average molecular weight is 304 g/mol. The highest BCUT2D eigenvalue weighted by molar-refractivity contribution is 5.92. The van der Waals surface area contributed by atoms with Gasteiger partial charge in [-0.2, -0.15) is 0 Å². The van der Waals surface area contributed by atoms with Crippen molar-refractivity contribution in [1.82, 2.24) is 4.90 Å². The quantitative estimate of drug-likeness (QED) is 0.838. The molecule has 1 aromatic rings. The van der Waals surface area contributed by atoms with Gasteiger partial charge in [0.2, 0.25) is 11.8 Å². The second-order valence-electron chi connectivity index (χ2n) is 6.25. The van der Waals surface area contributed by atoms with E-state index in [2.05, 4.69) is 19.2 Å². The maximum Gasteiger partial charge on any atom is 0.226 e. The Morgan fingerprint density at radius 1 is 1.14 bits per heavy atom. The lowest BCUT2D eigenvalue weighted by Gasteiger charge is -2.22. The van der Waals surface area contributed by atoms with Crippen molar-refractivity contribution < 1.29 is 9.59 Å². The Morgan fingerprint density at radius 2 is 1.73 bits per heavy atom. The lowest BCUT2D eigenvalue weighted by molar-refractivity contribution is -0.129. The number of carbonyl (C=O) groups excluding carboxylic acids is 2. The number of anilines is 1. The minimum Gasteiger partial charge on any atom is -0.342 e. The molecule has 0 saturated carbocycles. The van der Waals surface area contributed by atoms with Crippen LogP contribution in [0.4, 0.5) is 5.69 Å². The van der Waals surface area contributed by atoms with Crippen LogP contribution in [-0.2, 0) is 9.59 Å². The maximum atomic E-state index is 12.1. The summed E-state index contributed by atoms with van der Waals surface area (Å²) in [7, 11) is 0. The predicted molar refractivity (Wildman–Crippen MR) is 90.9 cm³/mol. The van der Waals surface area contributed by atoms with Crippen molar-refractivity contribution in [1.29, 1.82) is 0 Å². The fourth-order valence-corrected chi connectivity index (χ4v) is 2.29. The van der Waals surface area contributed by atoms with Gasteiger partial charge < -0.3 is 10.2 Å². The zero-order valence-corrected chi connectivity index (χ0v) is 14.4. The summed E-state index contributed by atoms with van der Waals surface area (Å²) in [5.41, 5.74) is 2.98. The van der Waals surface area contributed by atoms with Crippen molar-refractivity contribution in [2.75, 3.05) is 18.4 Å². The van der Waals surface area contributed by atoms with Gasteiger partial charge in [-0.3, -0.25) is 9.59 Å². The van der Waals surface area contributed by atoms with E-state index in [0.717, 1.165) is 23.2 Å². The normalized spacial score (nSPS) is 10.6. The van der Waals surface area contributed by atoms with Crippen molar-refractivity contribution in [3.8, 4) is 0 Å². The van der Waals surface area contributed by atoms with E-state index in [1.165, 1.54) is 0 Å². The number of para-hydroxylation sites is 1. The molecule has 4 nitrogen and oxygen atoms in total. The van der Waals surface area contributed by atoms with Gasteiger partial charge in [-0.15, -0.1) is 0 Å². The first-order chi connectivity index (χ1) is 10.3. The summed E-state index contributed by atoms with van der Waals surface area (Å²) in [4.78, 5) is 25.5.